The van der Waals surface area contributed by atoms with E-state index in [1.165, 1.54) is 9.80 Å². The quantitative estimate of drug-likeness (QED) is 0.0424. The van der Waals surface area contributed by atoms with Crippen molar-refractivity contribution in [2.45, 2.75) is 109 Å². The Kier molecular flexibility index (Phi) is 16.0. The Morgan fingerprint density at radius 3 is 2.40 bits per heavy atom. The maximum absolute atomic E-state index is 16.0. The summed E-state index contributed by atoms with van der Waals surface area (Å²) in [5.74, 6) is -6.91. The van der Waals surface area contributed by atoms with Gasteiger partial charge in [0.25, 0.3) is 5.92 Å². The molecule has 2 aliphatic heterocycles. The van der Waals surface area contributed by atoms with E-state index < -0.39 is 89.7 Å². The minimum atomic E-state index is -3.51. The van der Waals surface area contributed by atoms with Crippen molar-refractivity contribution in [2.75, 3.05) is 39.5 Å². The monoisotopic (exact) mass is 964 g/mol. The number of amides is 3. The summed E-state index contributed by atoms with van der Waals surface area (Å²) in [5.41, 5.74) is 5.41. The number of halogens is 4. The van der Waals surface area contributed by atoms with Gasteiger partial charge in [0.2, 0.25) is 17.7 Å². The first-order valence-corrected chi connectivity index (χ1v) is 23.8. The van der Waals surface area contributed by atoms with Gasteiger partial charge in [-0.15, -0.1) is 11.3 Å². The lowest BCUT2D eigenvalue weighted by atomic mass is 9.85. The van der Waals surface area contributed by atoms with Gasteiger partial charge in [0.15, 0.2) is 0 Å². The number of alkyl halides is 2. The third kappa shape index (κ3) is 11.7. The number of likely N-dealkylation sites (tertiary alicyclic amines) is 1. The number of rotatable bonds is 19. The number of H-pyrrole nitrogens is 1. The van der Waals surface area contributed by atoms with Crippen molar-refractivity contribution < 1.29 is 51.6 Å². The van der Waals surface area contributed by atoms with Gasteiger partial charge in [0.05, 0.1) is 41.4 Å². The fourth-order valence-corrected chi connectivity index (χ4v) is 9.92. The second-order valence-electron chi connectivity index (χ2n) is 18.9. The highest BCUT2D eigenvalue weighted by Gasteiger charge is 2.45. The highest BCUT2D eigenvalue weighted by Crippen LogP contribution is 2.44. The van der Waals surface area contributed by atoms with Gasteiger partial charge < -0.3 is 40.2 Å². The Balaban J connectivity index is 0.869. The van der Waals surface area contributed by atoms with E-state index in [-0.39, 0.29) is 45.1 Å². The minimum absolute atomic E-state index is 0.0569. The molecule has 7 rings (SSSR count). The van der Waals surface area contributed by atoms with Gasteiger partial charge in [-0.25, -0.2) is 22.5 Å². The summed E-state index contributed by atoms with van der Waals surface area (Å²) in [5, 5.41) is 26.5. The highest BCUT2D eigenvalue weighted by molar-refractivity contribution is 7.13. The van der Waals surface area contributed by atoms with Gasteiger partial charge >= 0.3 is 0 Å². The van der Waals surface area contributed by atoms with Crippen LogP contribution in [0.5, 0.6) is 5.75 Å². The number of hydrogen-bond donors (Lipinski definition) is 5. The first-order valence-electron chi connectivity index (χ1n) is 22.9. The molecule has 0 unspecified atom stereocenters. The second-order valence-corrected chi connectivity index (χ2v) is 19.8. The molecule has 2 aliphatic rings. The van der Waals surface area contributed by atoms with E-state index in [0.29, 0.717) is 31.4 Å². The summed E-state index contributed by atoms with van der Waals surface area (Å²) in [6.45, 7) is 6.89. The lowest BCUT2D eigenvalue weighted by Crippen LogP contribution is -2.58. The van der Waals surface area contributed by atoms with Gasteiger partial charge in [-0.3, -0.25) is 19.3 Å². The Labute approximate surface area is 397 Å². The van der Waals surface area contributed by atoms with Gasteiger partial charge in [0.1, 0.15) is 42.7 Å². The van der Waals surface area contributed by atoms with Crippen molar-refractivity contribution in [3.05, 3.63) is 106 Å². The van der Waals surface area contributed by atoms with Crippen LogP contribution in [0.15, 0.2) is 66.2 Å². The van der Waals surface area contributed by atoms with Crippen molar-refractivity contribution in [1.82, 2.24) is 30.4 Å². The van der Waals surface area contributed by atoms with Crippen molar-refractivity contribution in [3.8, 4) is 16.2 Å². The molecule has 0 radical (unpaired) electrons. The van der Waals surface area contributed by atoms with E-state index in [4.69, 9.17) is 9.47 Å². The van der Waals surface area contributed by atoms with E-state index in [1.807, 2.05) is 55.5 Å². The summed E-state index contributed by atoms with van der Waals surface area (Å²) in [6.07, 6.45) is 1.11. The number of aromatic nitrogens is 2. The standard InChI is InChI=1S/C50H60F4N6O7S/c1-29-19-36-35-11-7-8-12-39(35)57-43(36)44(60(29)26-50(53,54)27-61)42-37(51)21-34(22-38(42)52)67-18-10-6-9-17-66-25-41(63)58-46(49(3,4)5)48(65)59-24-33(62)20-40(59)47(64)55-23-31-13-15-32(16-14-31)45-30(2)56-28-68-45/h7-8,11-16,21-22,28-29,33,40,44,46,57,61-62H,6,9-10,17-20,23-27H2,1-5H3,(H,55,64)(H,58,63)/t29-,33-,40+,44-,46-/m1/s1. The predicted octanol–water partition coefficient (Wildman–Crippen LogP) is 7.22. The van der Waals surface area contributed by atoms with Gasteiger partial charge in [0, 0.05) is 66.5 Å². The molecule has 18 heteroatoms. The van der Waals surface area contributed by atoms with E-state index in [0.717, 1.165) is 50.3 Å². The molecule has 1 fully saturated rings. The van der Waals surface area contributed by atoms with E-state index >= 15 is 8.78 Å². The summed E-state index contributed by atoms with van der Waals surface area (Å²) < 4.78 is 72.7. The Bertz CT molecular complexity index is 2540. The number of aromatic amines is 1. The number of carbonyl (C=O) groups is 3. The number of aliphatic hydroxyl groups excluding tert-OH is 2. The summed E-state index contributed by atoms with van der Waals surface area (Å²) in [4.78, 5) is 51.8. The maximum atomic E-state index is 16.0. The third-order valence-corrected chi connectivity index (χ3v) is 13.6. The highest BCUT2D eigenvalue weighted by atomic mass is 32.1. The van der Waals surface area contributed by atoms with Crippen LogP contribution in [-0.2, 0) is 32.1 Å². The molecule has 5 N–H and O–H groups in total. The van der Waals surface area contributed by atoms with Crippen molar-refractivity contribution in [3.63, 3.8) is 0 Å². The average molecular weight is 965 g/mol. The zero-order valence-electron chi connectivity index (χ0n) is 38.9. The van der Waals surface area contributed by atoms with Crippen LogP contribution in [0, 0.1) is 24.0 Å². The lowest BCUT2D eigenvalue weighted by molar-refractivity contribution is -0.144. The first kappa shape index (κ1) is 50.5. The number of thiazole rings is 1. The number of ether oxygens (including phenoxy) is 2. The topological polar surface area (TPSA) is 169 Å². The Morgan fingerprint density at radius 2 is 1.72 bits per heavy atom. The number of nitrogens with zero attached hydrogens (tertiary/aromatic N) is 3. The van der Waals surface area contributed by atoms with Crippen LogP contribution in [0.1, 0.15) is 87.5 Å². The van der Waals surface area contributed by atoms with E-state index in [9.17, 15) is 33.4 Å². The smallest absolute Gasteiger partial charge is 0.283 e. The molecular weight excluding hydrogens is 905 g/mol. The maximum Gasteiger partial charge on any atom is 0.283 e. The molecule has 0 aliphatic carbocycles. The number of β-amino-alcohol motifs (C(OH)–C–C–N with tert-alkyl or cyclic N) is 1. The van der Waals surface area contributed by atoms with Gasteiger partial charge in [-0.05, 0) is 67.7 Å². The lowest BCUT2D eigenvalue weighted by Gasteiger charge is -2.42. The molecule has 68 heavy (non-hydrogen) atoms. The van der Waals surface area contributed by atoms with Crippen molar-refractivity contribution >= 4 is 40.0 Å². The van der Waals surface area contributed by atoms with Crippen LogP contribution in [0.4, 0.5) is 17.6 Å². The molecule has 5 aromatic rings. The number of hydrogen-bond acceptors (Lipinski definition) is 10. The van der Waals surface area contributed by atoms with E-state index in [1.54, 1.807) is 44.5 Å². The molecule has 0 bridgehead atoms. The summed E-state index contributed by atoms with van der Waals surface area (Å²) >= 11 is 1.55. The Hall–Kier alpha value is -5.40. The number of nitrogens with one attached hydrogen (secondary N) is 3. The number of fused-ring (bicyclic) bond motifs is 3. The zero-order chi connectivity index (χ0) is 48.9. The van der Waals surface area contributed by atoms with Crippen LogP contribution in [0.2, 0.25) is 0 Å². The number of carbonyl (C=O) groups excluding carboxylic acids is 3. The first-order chi connectivity index (χ1) is 32.3. The van der Waals surface area contributed by atoms with Crippen LogP contribution in [0.25, 0.3) is 21.3 Å². The molecule has 2 aromatic heterocycles. The molecule has 1 saturated heterocycles. The minimum Gasteiger partial charge on any atom is -0.493 e. The van der Waals surface area contributed by atoms with E-state index in [2.05, 4.69) is 20.6 Å². The molecule has 0 saturated carbocycles. The third-order valence-electron chi connectivity index (χ3n) is 12.6. The van der Waals surface area contributed by atoms with Crippen LogP contribution >= 0.6 is 11.3 Å². The number of aryl methyl sites for hydroxylation is 1. The van der Waals surface area contributed by atoms with Crippen molar-refractivity contribution in [2.24, 2.45) is 5.41 Å². The second kappa shape index (κ2) is 21.5. The molecule has 13 nitrogen and oxygen atoms in total. The molecule has 4 heterocycles. The van der Waals surface area contributed by atoms with Gasteiger partial charge in [-0.1, -0.05) is 63.2 Å². The fraction of sp³-hybridized carbons (Fsp3) is 0.480. The molecule has 3 amide bonds. The zero-order valence-corrected chi connectivity index (χ0v) is 39.7. The molecule has 5 atom stereocenters. The fourth-order valence-electron chi connectivity index (χ4n) is 9.11. The van der Waals surface area contributed by atoms with Crippen LogP contribution < -0.4 is 15.4 Å². The number of benzene rings is 3. The van der Waals surface area contributed by atoms with Crippen LogP contribution in [0.3, 0.4) is 0 Å². The summed E-state index contributed by atoms with van der Waals surface area (Å²) in [7, 11) is 0. The largest absolute Gasteiger partial charge is 0.493 e. The Morgan fingerprint density at radius 1 is 1.01 bits per heavy atom. The average Bonchev–Trinajstić information content (AvgIpc) is 4.02. The van der Waals surface area contributed by atoms with Gasteiger partial charge in [-0.2, -0.15) is 0 Å². The molecular formula is C50H60F4N6O7S. The molecule has 3 aromatic carbocycles. The normalized spacial score (nSPS) is 19.2. The molecule has 0 spiro atoms. The van der Waals surface area contributed by atoms with Crippen LogP contribution in [-0.4, -0.2) is 117 Å². The van der Waals surface area contributed by atoms with Crippen molar-refractivity contribution in [1.29, 1.82) is 0 Å². The predicted molar refractivity (Wildman–Crippen MR) is 250 cm³/mol. The number of unbranched alkanes of at least 4 members (excludes halogenated alkanes) is 2. The molecule has 366 valence electrons. The summed E-state index contributed by atoms with van der Waals surface area (Å²) in [6, 6.07) is 13.5. The number of aliphatic hydroxyl groups is 2. The number of para-hydroxylation sites is 1. The SMILES string of the molecule is Cc1ncsc1-c1ccc(CNC(=O)[C@@H]2C[C@@H](O)CN2C(=O)[C@@H](NC(=O)COCCCCCOc2cc(F)c([C@@H]3c4[nH]c5ccccc5c4C[C@@H](C)N3CC(F)(F)CO)c(F)c2)C(C)(C)C)cc1.